The first-order valence-electron chi connectivity index (χ1n) is 9.16. The van der Waals surface area contributed by atoms with Crippen LogP contribution in [0, 0.1) is 5.92 Å². The molecule has 27 heavy (non-hydrogen) atoms. The van der Waals surface area contributed by atoms with Crippen molar-refractivity contribution in [2.24, 2.45) is 5.92 Å². The minimum atomic E-state index is -0.600. The van der Waals surface area contributed by atoms with E-state index in [-0.39, 0.29) is 11.8 Å². The van der Waals surface area contributed by atoms with Crippen molar-refractivity contribution in [1.29, 1.82) is 0 Å². The Bertz CT molecular complexity index is 953. The number of para-hydroxylation sites is 2. The van der Waals surface area contributed by atoms with Gasteiger partial charge in [0, 0.05) is 25.3 Å². The van der Waals surface area contributed by atoms with E-state index in [2.05, 4.69) is 15.6 Å². The minimum absolute atomic E-state index is 0.124. The molecule has 1 atom stereocenters. The van der Waals surface area contributed by atoms with Crippen molar-refractivity contribution in [1.82, 2.24) is 20.3 Å². The molecule has 4 rings (SSSR count). The number of aryl methyl sites for hydroxylation is 1. The van der Waals surface area contributed by atoms with Crippen LogP contribution in [0.15, 0.2) is 54.6 Å². The lowest BCUT2D eigenvalue weighted by molar-refractivity contribution is -0.132. The molecule has 2 amide bonds. The molecule has 1 fully saturated rings. The molecular weight excluding hydrogens is 342 g/mol. The number of nitrogens with zero attached hydrogens (tertiary/aromatic N) is 4. The van der Waals surface area contributed by atoms with E-state index >= 15 is 0 Å². The van der Waals surface area contributed by atoms with Crippen LogP contribution < -0.4 is 10.2 Å². The van der Waals surface area contributed by atoms with Gasteiger partial charge in [-0.15, -0.1) is 5.10 Å². The van der Waals surface area contributed by atoms with Crippen LogP contribution in [0.25, 0.3) is 11.0 Å². The Hall–Kier alpha value is -3.22. The fraction of sp³-hybridized carbons (Fsp3) is 0.300. The van der Waals surface area contributed by atoms with Crippen molar-refractivity contribution in [2.45, 2.75) is 19.4 Å². The molecule has 1 N–H and O–H groups in total. The van der Waals surface area contributed by atoms with Crippen molar-refractivity contribution in [3.05, 3.63) is 54.6 Å². The predicted molar refractivity (Wildman–Crippen MR) is 102 cm³/mol. The monoisotopic (exact) mass is 363 g/mol. The van der Waals surface area contributed by atoms with Crippen LogP contribution in [-0.2, 0) is 16.1 Å². The van der Waals surface area contributed by atoms with Crippen LogP contribution in [0.1, 0.15) is 12.8 Å². The van der Waals surface area contributed by atoms with Gasteiger partial charge in [0.1, 0.15) is 11.4 Å². The van der Waals surface area contributed by atoms with Crippen LogP contribution in [0.3, 0.4) is 0 Å². The Kier molecular flexibility index (Phi) is 4.82. The molecule has 0 unspecified atom stereocenters. The van der Waals surface area contributed by atoms with Crippen molar-refractivity contribution in [3.63, 3.8) is 0 Å². The van der Waals surface area contributed by atoms with E-state index in [0.29, 0.717) is 26.1 Å². The third kappa shape index (κ3) is 3.53. The van der Waals surface area contributed by atoms with Gasteiger partial charge in [0.05, 0.1) is 5.52 Å². The Morgan fingerprint density at radius 3 is 2.74 bits per heavy atom. The highest BCUT2D eigenvalue weighted by Crippen LogP contribution is 2.25. The molecule has 138 valence electrons. The average Bonchev–Trinajstić information content (AvgIpc) is 3.29. The van der Waals surface area contributed by atoms with Gasteiger partial charge in [0.2, 0.25) is 11.8 Å². The van der Waals surface area contributed by atoms with Crippen molar-refractivity contribution in [3.8, 4) is 0 Å². The quantitative estimate of drug-likeness (QED) is 0.536. The lowest BCUT2D eigenvalue weighted by Gasteiger charge is -2.16. The highest BCUT2D eigenvalue weighted by atomic mass is 16.2. The Morgan fingerprint density at radius 2 is 1.89 bits per heavy atom. The number of nitrogens with one attached hydrogen (secondary N) is 1. The van der Waals surface area contributed by atoms with Gasteiger partial charge < -0.3 is 10.2 Å². The fourth-order valence-corrected chi connectivity index (χ4v) is 3.43. The van der Waals surface area contributed by atoms with E-state index in [4.69, 9.17) is 0 Å². The number of rotatable bonds is 6. The number of carbonyl (C=O) groups excluding carboxylic acids is 2. The van der Waals surface area contributed by atoms with E-state index in [1.54, 1.807) is 4.90 Å². The van der Waals surface area contributed by atoms with Crippen molar-refractivity contribution < 1.29 is 9.59 Å². The summed E-state index contributed by atoms with van der Waals surface area (Å²) in [6.45, 7) is 1.74. The number of fused-ring (bicyclic) bond motifs is 1. The van der Waals surface area contributed by atoms with E-state index in [9.17, 15) is 9.59 Å². The Labute approximate surface area is 157 Å². The van der Waals surface area contributed by atoms with Crippen LogP contribution in [-0.4, -0.2) is 39.9 Å². The fourth-order valence-electron chi connectivity index (χ4n) is 3.43. The second-order valence-electron chi connectivity index (χ2n) is 6.61. The molecule has 3 aromatic rings. The van der Waals surface area contributed by atoms with E-state index in [1.165, 1.54) is 0 Å². The predicted octanol–water partition coefficient (Wildman–Crippen LogP) is 1.99. The molecule has 1 aromatic heterocycles. The lowest BCUT2D eigenvalue weighted by Crippen LogP contribution is -2.37. The smallest absolute Gasteiger partial charge is 0.239 e. The number of hydrogen-bond acceptors (Lipinski definition) is 4. The van der Waals surface area contributed by atoms with E-state index in [1.807, 2.05) is 59.3 Å². The summed E-state index contributed by atoms with van der Waals surface area (Å²) < 4.78 is 1.83. The van der Waals surface area contributed by atoms with Crippen LogP contribution in [0.2, 0.25) is 0 Å². The molecule has 7 nitrogen and oxygen atoms in total. The lowest BCUT2D eigenvalue weighted by atomic mass is 10.1. The van der Waals surface area contributed by atoms with E-state index < -0.39 is 5.92 Å². The average molecular weight is 363 g/mol. The van der Waals surface area contributed by atoms with Gasteiger partial charge in [-0.05, 0) is 37.1 Å². The first-order chi connectivity index (χ1) is 13.2. The summed E-state index contributed by atoms with van der Waals surface area (Å²) in [6.07, 6.45) is 1.27. The third-order valence-electron chi connectivity index (χ3n) is 4.86. The molecule has 0 spiro atoms. The van der Waals surface area contributed by atoms with Gasteiger partial charge in [-0.1, -0.05) is 35.5 Å². The third-order valence-corrected chi connectivity index (χ3v) is 4.86. The summed E-state index contributed by atoms with van der Waals surface area (Å²) >= 11 is 0. The zero-order chi connectivity index (χ0) is 18.6. The molecular formula is C20H21N5O2. The summed E-state index contributed by atoms with van der Waals surface area (Å²) in [4.78, 5) is 26.7. The number of aromatic nitrogens is 3. The number of amides is 2. The SMILES string of the molecule is O=C(NCCCn1nnc2ccccc21)[C@H]1CCN(c2ccccc2)C1=O. The summed E-state index contributed by atoms with van der Waals surface area (Å²) in [6, 6.07) is 17.3. The normalized spacial score (nSPS) is 16.8. The summed E-state index contributed by atoms with van der Waals surface area (Å²) in [5, 5.41) is 11.1. The molecule has 2 aromatic carbocycles. The second-order valence-corrected chi connectivity index (χ2v) is 6.61. The van der Waals surface area contributed by atoms with Crippen molar-refractivity contribution >= 4 is 28.5 Å². The van der Waals surface area contributed by atoms with Gasteiger partial charge in [-0.2, -0.15) is 0 Å². The molecule has 2 heterocycles. The molecule has 7 heteroatoms. The maximum Gasteiger partial charge on any atom is 0.239 e. The zero-order valence-corrected chi connectivity index (χ0v) is 14.9. The molecule has 1 saturated heterocycles. The van der Waals surface area contributed by atoms with Gasteiger partial charge in [-0.25, -0.2) is 4.68 Å². The molecule has 0 aliphatic carbocycles. The van der Waals surface area contributed by atoms with Crippen molar-refractivity contribution in [2.75, 3.05) is 18.0 Å². The van der Waals surface area contributed by atoms with Crippen LogP contribution >= 0.6 is 0 Å². The number of carbonyl (C=O) groups is 2. The van der Waals surface area contributed by atoms with E-state index in [0.717, 1.165) is 23.1 Å². The maximum absolute atomic E-state index is 12.6. The highest BCUT2D eigenvalue weighted by molar-refractivity contribution is 6.09. The maximum atomic E-state index is 12.6. The first kappa shape index (κ1) is 17.2. The van der Waals surface area contributed by atoms with Crippen LogP contribution in [0.4, 0.5) is 5.69 Å². The molecule has 0 bridgehead atoms. The molecule has 0 saturated carbocycles. The van der Waals surface area contributed by atoms with Gasteiger partial charge in [0.15, 0.2) is 0 Å². The Morgan fingerprint density at radius 1 is 1.11 bits per heavy atom. The second kappa shape index (κ2) is 7.57. The number of benzene rings is 2. The van der Waals surface area contributed by atoms with Gasteiger partial charge in [-0.3, -0.25) is 9.59 Å². The summed E-state index contributed by atoms with van der Waals surface area (Å²) in [5.74, 6) is -0.916. The minimum Gasteiger partial charge on any atom is -0.355 e. The highest BCUT2D eigenvalue weighted by Gasteiger charge is 2.37. The largest absolute Gasteiger partial charge is 0.355 e. The molecule has 1 aliphatic heterocycles. The number of anilines is 1. The standard InChI is InChI=1S/C20H21N5O2/c26-19(16-11-14-24(20(16)27)15-7-2-1-3-8-15)21-12-6-13-25-18-10-5-4-9-17(18)22-23-25/h1-5,7-10,16H,6,11-14H2,(H,21,26)/t16-/m1/s1. The topological polar surface area (TPSA) is 80.1 Å². The van der Waals surface area contributed by atoms with Crippen LogP contribution in [0.5, 0.6) is 0 Å². The zero-order valence-electron chi connectivity index (χ0n) is 14.9. The molecule has 1 aliphatic rings. The summed E-state index contributed by atoms with van der Waals surface area (Å²) in [7, 11) is 0. The number of hydrogen-bond donors (Lipinski definition) is 1. The molecule has 0 radical (unpaired) electrons. The van der Waals surface area contributed by atoms with Gasteiger partial charge in [0.25, 0.3) is 0 Å². The van der Waals surface area contributed by atoms with Gasteiger partial charge >= 0.3 is 0 Å². The Balaban J connectivity index is 1.28. The summed E-state index contributed by atoms with van der Waals surface area (Å²) in [5.41, 5.74) is 2.68. The first-order valence-corrected chi connectivity index (χ1v) is 9.16.